The van der Waals surface area contributed by atoms with Crippen LogP contribution in [0.4, 0.5) is 23.2 Å². The second kappa shape index (κ2) is 10.7. The van der Waals surface area contributed by atoms with Gasteiger partial charge in [0.25, 0.3) is 10.0 Å². The molecule has 39 heavy (non-hydrogen) atoms. The van der Waals surface area contributed by atoms with Crippen LogP contribution in [0.2, 0.25) is 5.02 Å². The molecule has 0 spiro atoms. The maximum Gasteiger partial charge on any atom is 0.416 e. The van der Waals surface area contributed by atoms with Gasteiger partial charge in [-0.1, -0.05) is 41.9 Å². The monoisotopic (exact) mass is 581 g/mol. The highest BCUT2D eigenvalue weighted by Gasteiger charge is 2.43. The number of ether oxygens (including phenoxy) is 1. The van der Waals surface area contributed by atoms with Crippen molar-refractivity contribution in [2.24, 2.45) is 5.92 Å². The third kappa shape index (κ3) is 5.53. The molecule has 4 rings (SSSR count). The predicted octanol–water partition coefficient (Wildman–Crippen LogP) is 6.99. The van der Waals surface area contributed by atoms with Gasteiger partial charge in [0.15, 0.2) is 0 Å². The standard InChI is InChI=1S/C28H24ClF4NO4S/c1-16(26-23(29)8-5-9-24(26)30)12-18-10-11-19-14-22(27(35)38-3)17(2)34(25(19)13-18)39(36,37)21-7-4-6-20(15-21)28(31,32)33/h4-13,15,17,22H,14H2,1-3H3/b16-12+/t17-,22-/m1/s1. The second-order valence-corrected chi connectivity index (χ2v) is 11.4. The molecule has 0 bridgehead atoms. The first-order valence-electron chi connectivity index (χ1n) is 11.8. The molecule has 0 N–H and O–H groups in total. The van der Waals surface area contributed by atoms with Gasteiger partial charge in [-0.05, 0) is 73.4 Å². The molecule has 0 unspecified atom stereocenters. The lowest BCUT2D eigenvalue weighted by molar-refractivity contribution is -0.146. The molecule has 0 fully saturated rings. The number of allylic oxidation sites excluding steroid dienone is 1. The topological polar surface area (TPSA) is 63.7 Å². The largest absolute Gasteiger partial charge is 0.469 e. The molecule has 2 atom stereocenters. The predicted molar refractivity (Wildman–Crippen MR) is 141 cm³/mol. The Labute approximate surface area is 228 Å². The first kappa shape index (κ1) is 28.6. The highest BCUT2D eigenvalue weighted by atomic mass is 35.5. The number of benzene rings is 3. The minimum atomic E-state index is -4.75. The smallest absolute Gasteiger partial charge is 0.416 e. The molecular weight excluding hydrogens is 558 g/mol. The number of esters is 1. The zero-order valence-corrected chi connectivity index (χ0v) is 22.7. The van der Waals surface area contributed by atoms with E-state index in [9.17, 15) is 30.8 Å². The normalized spacial score (nSPS) is 18.1. The lowest BCUT2D eigenvalue weighted by Gasteiger charge is -2.40. The fourth-order valence-corrected chi connectivity index (χ4v) is 6.84. The molecule has 0 saturated heterocycles. The van der Waals surface area contributed by atoms with Crippen LogP contribution in [0.15, 0.2) is 65.6 Å². The number of hydrogen-bond donors (Lipinski definition) is 0. The summed E-state index contributed by atoms with van der Waals surface area (Å²) in [6.45, 7) is 3.15. The minimum Gasteiger partial charge on any atom is -0.469 e. The number of carbonyl (C=O) groups excluding carboxylic acids is 1. The average Bonchev–Trinajstić information content (AvgIpc) is 2.87. The van der Waals surface area contributed by atoms with Gasteiger partial charge in [-0.2, -0.15) is 13.2 Å². The molecule has 0 aromatic heterocycles. The van der Waals surface area contributed by atoms with Crippen LogP contribution < -0.4 is 4.31 Å². The molecule has 0 saturated carbocycles. The summed E-state index contributed by atoms with van der Waals surface area (Å²) in [6.07, 6.45) is -2.98. The van der Waals surface area contributed by atoms with Crippen molar-refractivity contribution in [3.05, 3.63) is 93.8 Å². The van der Waals surface area contributed by atoms with Gasteiger partial charge < -0.3 is 4.74 Å². The molecule has 206 valence electrons. The van der Waals surface area contributed by atoms with Crippen LogP contribution in [-0.4, -0.2) is 27.5 Å². The maximum atomic E-state index is 14.5. The maximum absolute atomic E-state index is 14.5. The number of hydrogen-bond acceptors (Lipinski definition) is 4. The summed E-state index contributed by atoms with van der Waals surface area (Å²) in [4.78, 5) is 12.0. The zero-order chi connectivity index (χ0) is 28.7. The summed E-state index contributed by atoms with van der Waals surface area (Å²) in [5, 5.41) is 0.199. The van der Waals surface area contributed by atoms with E-state index in [-0.39, 0.29) is 22.7 Å². The van der Waals surface area contributed by atoms with E-state index in [1.165, 1.54) is 26.2 Å². The van der Waals surface area contributed by atoms with Gasteiger partial charge in [-0.3, -0.25) is 9.10 Å². The number of methoxy groups -OCH3 is 1. The van der Waals surface area contributed by atoms with Crippen LogP contribution in [0.25, 0.3) is 11.6 Å². The highest BCUT2D eigenvalue weighted by Crippen LogP contribution is 2.41. The Balaban J connectivity index is 1.88. The van der Waals surface area contributed by atoms with Gasteiger partial charge in [-0.25, -0.2) is 12.8 Å². The van der Waals surface area contributed by atoms with E-state index in [0.717, 1.165) is 22.5 Å². The molecule has 1 aliphatic rings. The number of nitrogens with zero attached hydrogens (tertiary/aromatic N) is 1. The Morgan fingerprint density at radius 3 is 2.44 bits per heavy atom. The fraction of sp³-hybridized carbons (Fsp3) is 0.250. The average molecular weight is 582 g/mol. The Bertz CT molecular complexity index is 1550. The quantitative estimate of drug-likeness (QED) is 0.185. The minimum absolute atomic E-state index is 0.153. The number of anilines is 1. The molecule has 3 aromatic rings. The fourth-order valence-electron chi connectivity index (χ4n) is 4.76. The lowest BCUT2D eigenvalue weighted by Crippen LogP contribution is -2.49. The van der Waals surface area contributed by atoms with Gasteiger partial charge >= 0.3 is 12.1 Å². The molecule has 3 aromatic carbocycles. The first-order chi connectivity index (χ1) is 18.3. The van der Waals surface area contributed by atoms with Crippen molar-refractivity contribution in [3.63, 3.8) is 0 Å². The molecule has 0 radical (unpaired) electrons. The Hall–Kier alpha value is -3.37. The summed E-state index contributed by atoms with van der Waals surface area (Å²) >= 11 is 6.19. The summed E-state index contributed by atoms with van der Waals surface area (Å²) < 4.78 is 88.2. The van der Waals surface area contributed by atoms with E-state index in [1.54, 1.807) is 37.3 Å². The zero-order valence-electron chi connectivity index (χ0n) is 21.1. The third-order valence-corrected chi connectivity index (χ3v) is 8.91. The van der Waals surface area contributed by atoms with E-state index < -0.39 is 50.4 Å². The number of sulfonamides is 1. The van der Waals surface area contributed by atoms with E-state index in [4.69, 9.17) is 16.3 Å². The molecule has 5 nitrogen and oxygen atoms in total. The molecule has 0 aliphatic carbocycles. The molecule has 1 heterocycles. The number of alkyl halides is 3. The van der Waals surface area contributed by atoms with Crippen LogP contribution >= 0.6 is 11.6 Å². The summed E-state index contributed by atoms with van der Waals surface area (Å²) in [5.74, 6) is -2.08. The van der Waals surface area contributed by atoms with Crippen molar-refractivity contribution in [1.82, 2.24) is 0 Å². The van der Waals surface area contributed by atoms with E-state index >= 15 is 0 Å². The van der Waals surface area contributed by atoms with Crippen molar-refractivity contribution >= 4 is 44.9 Å². The van der Waals surface area contributed by atoms with Crippen LogP contribution in [0.5, 0.6) is 0 Å². The Kier molecular flexibility index (Phi) is 7.82. The van der Waals surface area contributed by atoms with Crippen molar-refractivity contribution < 1.29 is 35.5 Å². The van der Waals surface area contributed by atoms with Gasteiger partial charge in [0, 0.05) is 5.56 Å². The van der Waals surface area contributed by atoms with Crippen molar-refractivity contribution in [3.8, 4) is 0 Å². The van der Waals surface area contributed by atoms with Gasteiger partial charge in [-0.15, -0.1) is 0 Å². The molecule has 11 heteroatoms. The number of carbonyl (C=O) groups is 1. The van der Waals surface area contributed by atoms with Crippen LogP contribution in [0.3, 0.4) is 0 Å². The van der Waals surface area contributed by atoms with Crippen molar-refractivity contribution in [2.75, 3.05) is 11.4 Å². The van der Waals surface area contributed by atoms with Crippen LogP contribution in [0.1, 0.15) is 36.1 Å². The summed E-state index contributed by atoms with van der Waals surface area (Å²) in [5.41, 5.74) is 0.718. The molecular formula is C28H24ClF4NO4S. The van der Waals surface area contributed by atoms with E-state index in [0.29, 0.717) is 22.8 Å². The van der Waals surface area contributed by atoms with E-state index in [2.05, 4.69) is 0 Å². The van der Waals surface area contributed by atoms with Crippen molar-refractivity contribution in [2.45, 2.75) is 37.4 Å². The Morgan fingerprint density at radius 2 is 1.79 bits per heavy atom. The SMILES string of the molecule is COC(=O)[C@@H]1Cc2ccc(/C=C(\C)c3c(F)cccc3Cl)cc2N(S(=O)(=O)c2cccc(C(F)(F)F)c2)[C@@H]1C. The summed E-state index contributed by atoms with van der Waals surface area (Å²) in [7, 11) is -3.39. The first-order valence-corrected chi connectivity index (χ1v) is 13.6. The Morgan fingerprint density at radius 1 is 1.10 bits per heavy atom. The van der Waals surface area contributed by atoms with Crippen LogP contribution in [-0.2, 0) is 32.2 Å². The summed E-state index contributed by atoms with van der Waals surface area (Å²) in [6, 6.07) is 11.6. The lowest BCUT2D eigenvalue weighted by atomic mass is 9.87. The molecule has 0 amide bonds. The number of fused-ring (bicyclic) bond motifs is 1. The number of rotatable bonds is 5. The van der Waals surface area contributed by atoms with E-state index in [1.807, 2.05) is 0 Å². The van der Waals surface area contributed by atoms with Crippen LogP contribution in [0, 0.1) is 11.7 Å². The van der Waals surface area contributed by atoms with Crippen molar-refractivity contribution in [1.29, 1.82) is 0 Å². The highest BCUT2D eigenvalue weighted by molar-refractivity contribution is 7.92. The number of halogens is 5. The van der Waals surface area contributed by atoms with Gasteiger partial charge in [0.2, 0.25) is 0 Å². The second-order valence-electron chi connectivity index (χ2n) is 9.21. The third-order valence-electron chi connectivity index (χ3n) is 6.70. The van der Waals surface area contributed by atoms with Gasteiger partial charge in [0.1, 0.15) is 5.82 Å². The van der Waals surface area contributed by atoms with Gasteiger partial charge in [0.05, 0.1) is 40.2 Å². The molecule has 1 aliphatic heterocycles.